The molecule has 5 heterocycles. The van der Waals surface area contributed by atoms with E-state index in [1.165, 1.54) is 0 Å². The SMILES string of the molecule is C.C.C.C.C.C.C.CC(C)(C)C1=NS(=O)ON1.CC(C)(C)c1nc(=S)o[nH]1.CC(C)(C)c1nn[nH]n1.CC(C)(C)c1noc(=O)[nH]1.CC(C)(C)c1nsc(=O)[nH]1. The number of H-pyrrole nitrogens is 4. The summed E-state index contributed by atoms with van der Waals surface area (Å²) >= 11 is 4.14. The lowest BCUT2D eigenvalue weighted by molar-refractivity contribution is 0.291. The average Bonchev–Trinajstić information content (AvgIpc) is 3.74. The van der Waals surface area contributed by atoms with Crippen molar-refractivity contribution in [2.75, 3.05) is 0 Å². The van der Waals surface area contributed by atoms with Crippen molar-refractivity contribution in [2.45, 2.75) is 178 Å². The summed E-state index contributed by atoms with van der Waals surface area (Å²) in [6.07, 6.45) is 0. The highest BCUT2D eigenvalue weighted by molar-refractivity contribution is 7.79. The Morgan fingerprint density at radius 1 is 0.679 bits per heavy atom. The van der Waals surface area contributed by atoms with Gasteiger partial charge in [0, 0.05) is 38.6 Å². The van der Waals surface area contributed by atoms with E-state index in [0.717, 1.165) is 29.0 Å². The standard InChI is InChI=1S/C6H10N2O2.2C6H10N2OS.C5H10N4.C5H10N2O2S.7CH4/c2*1-6(2,3)4-7-5(9)10-8-4;1-6(2,3)4-7-5(10)9-8-4;1-5(2,3)4-6-8-9-7-4;1-5(2,3)4-6-9-10(8)7-4;;;;;;;/h2*1-3H3,(H,7,8,9);1-3H3,(H,7,8,10);1-3H3,(H,6,7,8,9);1-3H3,(H,6,7);7*1H4. The topological polar surface area (TPSA) is 252 Å². The van der Waals surface area contributed by atoms with Crippen LogP contribution in [0.25, 0.3) is 0 Å². The highest BCUT2D eigenvalue weighted by Gasteiger charge is 2.25. The molecule has 0 saturated carbocycles. The second-order valence-electron chi connectivity index (χ2n) is 15.6. The molecule has 4 aromatic heterocycles. The van der Waals surface area contributed by atoms with Gasteiger partial charge < -0.3 is 4.52 Å². The molecule has 5 N–H and O–H groups in total. The van der Waals surface area contributed by atoms with Crippen molar-refractivity contribution >= 4 is 40.9 Å². The Morgan fingerprint density at radius 3 is 1.36 bits per heavy atom. The molecule has 56 heavy (non-hydrogen) atoms. The minimum absolute atomic E-state index is 0. The van der Waals surface area contributed by atoms with E-state index in [-0.39, 0.29) is 88.8 Å². The minimum Gasteiger partial charge on any atom is -0.348 e. The molecule has 0 aliphatic carbocycles. The minimum atomic E-state index is -1.52. The number of nitrogens with one attached hydrogen (secondary N) is 5. The van der Waals surface area contributed by atoms with Crippen LogP contribution in [0.1, 0.15) is 179 Å². The third kappa shape index (κ3) is 25.5. The summed E-state index contributed by atoms with van der Waals surface area (Å²) < 4.78 is 31.8. The van der Waals surface area contributed by atoms with Gasteiger partial charge >= 0.3 is 26.7 Å². The summed E-state index contributed by atoms with van der Waals surface area (Å²) in [4.78, 5) is 30.4. The van der Waals surface area contributed by atoms with E-state index in [1.807, 2.05) is 104 Å². The normalized spacial score (nSPS) is 12.9. The molecule has 0 radical (unpaired) electrons. The second kappa shape index (κ2) is 27.0. The average molecular weight is 859 g/mol. The van der Waals surface area contributed by atoms with E-state index in [0.29, 0.717) is 11.7 Å². The number of aromatic nitrogens is 10. The summed E-state index contributed by atoms with van der Waals surface area (Å²) in [5.74, 6) is 3.02. The van der Waals surface area contributed by atoms with Crippen molar-refractivity contribution in [2.24, 2.45) is 9.81 Å². The first kappa shape index (κ1) is 67.1. The molecule has 0 aromatic carbocycles. The zero-order valence-corrected chi connectivity index (χ0v) is 33.3. The van der Waals surface area contributed by atoms with Gasteiger partial charge in [-0.3, -0.25) is 19.3 Å². The van der Waals surface area contributed by atoms with Crippen molar-refractivity contribution in [1.82, 2.24) is 55.7 Å². The maximum Gasteiger partial charge on any atom is 0.438 e. The Labute approximate surface area is 348 Å². The van der Waals surface area contributed by atoms with Crippen LogP contribution >= 0.6 is 23.8 Å². The van der Waals surface area contributed by atoms with Gasteiger partial charge in [0.15, 0.2) is 11.6 Å². The Morgan fingerprint density at radius 2 is 1.18 bits per heavy atom. The van der Waals surface area contributed by atoms with Gasteiger partial charge in [-0.2, -0.15) is 18.9 Å². The predicted octanol–water partition coefficient (Wildman–Crippen LogP) is 9.31. The monoisotopic (exact) mass is 859 g/mol. The number of amidine groups is 1. The van der Waals surface area contributed by atoms with Crippen LogP contribution in [-0.4, -0.2) is 60.3 Å². The number of rotatable bonds is 0. The number of hydroxylamine groups is 1. The van der Waals surface area contributed by atoms with Gasteiger partial charge in [-0.05, 0) is 12.2 Å². The molecule has 5 rings (SSSR count). The van der Waals surface area contributed by atoms with Crippen LogP contribution in [0.3, 0.4) is 0 Å². The molecule has 21 heteroatoms. The van der Waals surface area contributed by atoms with Gasteiger partial charge in [-0.1, -0.05) is 166 Å². The van der Waals surface area contributed by atoms with Gasteiger partial charge in [0.25, 0.3) is 0 Å². The number of aromatic amines is 4. The largest absolute Gasteiger partial charge is 0.438 e. The molecule has 0 saturated heterocycles. The molecule has 332 valence electrons. The van der Waals surface area contributed by atoms with E-state index >= 15 is 0 Å². The molecule has 1 unspecified atom stereocenters. The molecule has 0 fully saturated rings. The first-order valence-corrected chi connectivity index (χ1v) is 17.2. The molecule has 1 aliphatic rings. The summed E-state index contributed by atoms with van der Waals surface area (Å²) in [6, 6.07) is 0. The third-order valence-electron chi connectivity index (χ3n) is 5.55. The number of hydrogen-bond acceptors (Lipinski definition) is 15. The number of tetrazole rings is 1. The van der Waals surface area contributed by atoms with Crippen LogP contribution in [0.2, 0.25) is 0 Å². The highest BCUT2D eigenvalue weighted by Crippen LogP contribution is 2.19. The quantitative estimate of drug-likeness (QED) is 0.103. The van der Waals surface area contributed by atoms with Crippen molar-refractivity contribution in [1.29, 1.82) is 0 Å². The predicted molar refractivity (Wildman–Crippen MR) is 237 cm³/mol. The molecule has 1 atom stereocenters. The molecule has 4 aromatic rings. The highest BCUT2D eigenvalue weighted by atomic mass is 32.2. The maximum absolute atomic E-state index is 10.6. The molecule has 0 amide bonds. The van der Waals surface area contributed by atoms with Gasteiger partial charge in [0.1, 0.15) is 17.5 Å². The van der Waals surface area contributed by atoms with E-state index in [1.54, 1.807) is 0 Å². The van der Waals surface area contributed by atoms with Gasteiger partial charge in [-0.25, -0.2) is 19.6 Å². The summed E-state index contributed by atoms with van der Waals surface area (Å²) in [7, 11) is 0. The second-order valence-corrected chi connectivity index (χ2v) is 17.5. The summed E-state index contributed by atoms with van der Waals surface area (Å²) in [6.45, 7) is 30.0. The Bertz CT molecular complexity index is 1650. The fraction of sp³-hybridized carbons (Fsp3) is 0.771. The Hall–Kier alpha value is -3.69. The smallest absolute Gasteiger partial charge is 0.348 e. The fourth-order valence-electron chi connectivity index (χ4n) is 2.61. The number of hydrogen-bond donors (Lipinski definition) is 5. The lowest BCUT2D eigenvalue weighted by Gasteiger charge is -2.15. The maximum atomic E-state index is 10.6. The van der Waals surface area contributed by atoms with Crippen LogP contribution in [-0.2, 0) is 37.2 Å². The molecule has 0 spiro atoms. The third-order valence-corrected chi connectivity index (χ3v) is 6.83. The van der Waals surface area contributed by atoms with Gasteiger partial charge in [0.05, 0.1) is 0 Å². The summed E-state index contributed by atoms with van der Waals surface area (Å²) in [5.41, 5.74) is 2.18. The van der Waals surface area contributed by atoms with Crippen LogP contribution in [0.5, 0.6) is 0 Å². The van der Waals surface area contributed by atoms with Crippen molar-refractivity contribution < 1.29 is 17.5 Å². The van der Waals surface area contributed by atoms with Crippen LogP contribution in [0.15, 0.2) is 23.0 Å². The first-order chi connectivity index (χ1) is 22.1. The summed E-state index contributed by atoms with van der Waals surface area (Å²) in [5, 5.41) is 19.7. The lowest BCUT2D eigenvalue weighted by atomic mass is 9.96. The number of nitrogens with zero attached hydrogens (tertiary/aromatic N) is 7. The molecular weight excluding hydrogens is 781 g/mol. The van der Waals surface area contributed by atoms with Crippen LogP contribution in [0, 0.1) is 10.3 Å². The lowest BCUT2D eigenvalue weighted by Crippen LogP contribution is -2.30. The zero-order valence-electron chi connectivity index (χ0n) is 30.8. The van der Waals surface area contributed by atoms with E-state index in [4.69, 9.17) is 16.7 Å². The van der Waals surface area contributed by atoms with E-state index < -0.39 is 17.0 Å². The van der Waals surface area contributed by atoms with Crippen molar-refractivity contribution in [3.63, 3.8) is 0 Å². The van der Waals surface area contributed by atoms with Crippen molar-refractivity contribution in [3.8, 4) is 0 Å². The van der Waals surface area contributed by atoms with Crippen LogP contribution < -0.4 is 16.1 Å². The van der Waals surface area contributed by atoms with Gasteiger partial charge in [-0.15, -0.1) is 14.6 Å². The van der Waals surface area contributed by atoms with Gasteiger partial charge in [0.2, 0.25) is 0 Å². The molecule has 1 aliphatic heterocycles. The fourth-order valence-corrected chi connectivity index (χ4v) is 4.03. The molecule has 18 nitrogen and oxygen atoms in total. The Kier molecular flexibility index (Phi) is 32.4. The zero-order chi connectivity index (χ0) is 38.0. The van der Waals surface area contributed by atoms with E-state index in [2.05, 4.69) is 68.9 Å². The van der Waals surface area contributed by atoms with E-state index in [9.17, 15) is 13.8 Å². The molecular formula is C35H78N12O6S3. The Balaban J connectivity index is -0.000000104. The molecule has 0 bridgehead atoms. The van der Waals surface area contributed by atoms with Crippen LogP contribution in [0.4, 0.5) is 0 Å². The van der Waals surface area contributed by atoms with Crippen molar-refractivity contribution in [3.05, 3.63) is 48.4 Å². The first-order valence-electron chi connectivity index (χ1n) is 15.0.